The number of anilines is 2. The maximum Gasteiger partial charge on any atom is 0.171 e. The quantitative estimate of drug-likeness (QED) is 0.856. The minimum atomic E-state index is 0.613. The molecule has 1 heterocycles. The van der Waals surface area contributed by atoms with E-state index in [1.165, 1.54) is 0 Å². The predicted molar refractivity (Wildman–Crippen MR) is 74.5 cm³/mol. The standard InChI is InChI=1S/C13H18N4O2/c1-17-8-10(14)13(16-17)15-7-9-4-5-11(18-2)12(6-9)19-3/h4-6,8H,7,14H2,1-3H3,(H,15,16). The average molecular weight is 262 g/mol. The van der Waals surface area contributed by atoms with Crippen molar-refractivity contribution in [3.63, 3.8) is 0 Å². The van der Waals surface area contributed by atoms with Crippen molar-refractivity contribution in [2.45, 2.75) is 6.54 Å². The Labute approximate surface area is 112 Å². The van der Waals surface area contributed by atoms with Gasteiger partial charge in [0.2, 0.25) is 0 Å². The second kappa shape index (κ2) is 5.51. The van der Waals surface area contributed by atoms with Gasteiger partial charge in [0.05, 0.1) is 19.9 Å². The first-order valence-electron chi connectivity index (χ1n) is 5.88. The molecule has 1 aromatic carbocycles. The van der Waals surface area contributed by atoms with Gasteiger partial charge in [-0.15, -0.1) is 0 Å². The number of aryl methyl sites for hydroxylation is 1. The van der Waals surface area contributed by atoms with E-state index in [9.17, 15) is 0 Å². The molecule has 2 rings (SSSR count). The van der Waals surface area contributed by atoms with Crippen LogP contribution < -0.4 is 20.5 Å². The normalized spacial score (nSPS) is 10.3. The third kappa shape index (κ3) is 2.90. The summed E-state index contributed by atoms with van der Waals surface area (Å²) in [6.45, 7) is 0.613. The second-order valence-corrected chi connectivity index (χ2v) is 4.15. The van der Waals surface area contributed by atoms with Crippen LogP contribution in [0, 0.1) is 0 Å². The van der Waals surface area contributed by atoms with Crippen LogP contribution in [0.3, 0.4) is 0 Å². The summed E-state index contributed by atoms with van der Waals surface area (Å²) in [4.78, 5) is 0. The molecular formula is C13H18N4O2. The predicted octanol–water partition coefficient (Wildman–Crippen LogP) is 1.63. The van der Waals surface area contributed by atoms with E-state index in [1.807, 2.05) is 25.2 Å². The third-order valence-corrected chi connectivity index (χ3v) is 2.77. The van der Waals surface area contributed by atoms with Crippen molar-refractivity contribution in [1.82, 2.24) is 9.78 Å². The van der Waals surface area contributed by atoms with E-state index >= 15 is 0 Å². The number of methoxy groups -OCH3 is 2. The lowest BCUT2D eigenvalue weighted by Gasteiger charge is -2.10. The van der Waals surface area contributed by atoms with E-state index in [2.05, 4.69) is 10.4 Å². The van der Waals surface area contributed by atoms with E-state index < -0.39 is 0 Å². The molecule has 2 aromatic rings. The fraction of sp³-hybridized carbons (Fsp3) is 0.308. The third-order valence-electron chi connectivity index (χ3n) is 2.77. The Hall–Kier alpha value is -2.37. The van der Waals surface area contributed by atoms with Crippen molar-refractivity contribution in [3.8, 4) is 11.5 Å². The fourth-order valence-corrected chi connectivity index (χ4v) is 1.82. The summed E-state index contributed by atoms with van der Waals surface area (Å²) in [6.07, 6.45) is 1.76. The van der Waals surface area contributed by atoms with Crippen LogP contribution in [0.2, 0.25) is 0 Å². The Morgan fingerprint density at radius 1 is 1.26 bits per heavy atom. The highest BCUT2D eigenvalue weighted by atomic mass is 16.5. The first kappa shape index (κ1) is 13.1. The molecular weight excluding hydrogens is 244 g/mol. The van der Waals surface area contributed by atoms with Crippen molar-refractivity contribution in [2.75, 3.05) is 25.3 Å². The first-order chi connectivity index (χ1) is 9.13. The zero-order valence-electron chi connectivity index (χ0n) is 11.3. The van der Waals surface area contributed by atoms with E-state index in [1.54, 1.807) is 25.1 Å². The summed E-state index contributed by atoms with van der Waals surface area (Å²) in [5.74, 6) is 2.09. The second-order valence-electron chi connectivity index (χ2n) is 4.15. The van der Waals surface area contributed by atoms with Crippen molar-refractivity contribution >= 4 is 11.5 Å². The number of hydrogen-bond donors (Lipinski definition) is 2. The van der Waals surface area contributed by atoms with E-state index in [0.29, 0.717) is 29.5 Å². The zero-order chi connectivity index (χ0) is 13.8. The maximum absolute atomic E-state index is 5.82. The van der Waals surface area contributed by atoms with Crippen LogP contribution in [0.1, 0.15) is 5.56 Å². The molecule has 0 radical (unpaired) electrons. The number of nitrogens with two attached hydrogens (primary N) is 1. The monoisotopic (exact) mass is 262 g/mol. The molecule has 0 aliphatic rings. The largest absolute Gasteiger partial charge is 0.493 e. The van der Waals surface area contributed by atoms with Gasteiger partial charge < -0.3 is 20.5 Å². The van der Waals surface area contributed by atoms with Crippen LogP contribution >= 0.6 is 0 Å². The summed E-state index contributed by atoms with van der Waals surface area (Å²) < 4.78 is 12.1. The molecule has 0 atom stereocenters. The van der Waals surface area contributed by atoms with Crippen LogP contribution in [0.5, 0.6) is 11.5 Å². The molecule has 1 aromatic heterocycles. The highest BCUT2D eigenvalue weighted by molar-refractivity contribution is 5.60. The minimum absolute atomic E-state index is 0.613. The molecule has 0 fully saturated rings. The van der Waals surface area contributed by atoms with E-state index in [0.717, 1.165) is 5.56 Å². The van der Waals surface area contributed by atoms with E-state index in [-0.39, 0.29) is 0 Å². The van der Waals surface area contributed by atoms with Gasteiger partial charge in [-0.05, 0) is 17.7 Å². The number of nitrogens with zero attached hydrogens (tertiary/aromatic N) is 2. The van der Waals surface area contributed by atoms with Gasteiger partial charge in [0, 0.05) is 19.8 Å². The molecule has 3 N–H and O–H groups in total. The number of aromatic nitrogens is 2. The molecule has 0 aliphatic heterocycles. The first-order valence-corrected chi connectivity index (χ1v) is 5.88. The van der Waals surface area contributed by atoms with Gasteiger partial charge in [-0.1, -0.05) is 6.07 Å². The smallest absolute Gasteiger partial charge is 0.171 e. The van der Waals surface area contributed by atoms with Gasteiger partial charge in [0.15, 0.2) is 17.3 Å². The van der Waals surface area contributed by atoms with Crippen LogP contribution in [0.15, 0.2) is 24.4 Å². The molecule has 6 nitrogen and oxygen atoms in total. The Morgan fingerprint density at radius 2 is 2.00 bits per heavy atom. The van der Waals surface area contributed by atoms with Crippen LogP contribution in [0.25, 0.3) is 0 Å². The van der Waals surface area contributed by atoms with Crippen molar-refractivity contribution < 1.29 is 9.47 Å². The Bertz CT molecular complexity index is 566. The van der Waals surface area contributed by atoms with Crippen LogP contribution in [-0.4, -0.2) is 24.0 Å². The van der Waals surface area contributed by atoms with E-state index in [4.69, 9.17) is 15.2 Å². The highest BCUT2D eigenvalue weighted by Gasteiger charge is 2.06. The molecule has 0 unspecified atom stereocenters. The van der Waals surface area contributed by atoms with Gasteiger partial charge in [0.25, 0.3) is 0 Å². The van der Waals surface area contributed by atoms with Crippen LogP contribution in [0.4, 0.5) is 11.5 Å². The lowest BCUT2D eigenvalue weighted by atomic mass is 10.2. The number of nitrogen functional groups attached to an aromatic ring is 1. The van der Waals surface area contributed by atoms with Gasteiger partial charge in [0.1, 0.15) is 0 Å². The molecule has 0 spiro atoms. The number of nitrogens with one attached hydrogen (secondary N) is 1. The molecule has 0 saturated heterocycles. The zero-order valence-corrected chi connectivity index (χ0v) is 11.3. The number of hydrogen-bond acceptors (Lipinski definition) is 5. The summed E-state index contributed by atoms with van der Waals surface area (Å²) in [7, 11) is 5.06. The van der Waals surface area contributed by atoms with Gasteiger partial charge in [-0.25, -0.2) is 0 Å². The Kier molecular flexibility index (Phi) is 3.79. The molecule has 102 valence electrons. The SMILES string of the molecule is COc1ccc(CNc2nn(C)cc2N)cc1OC. The lowest BCUT2D eigenvalue weighted by Crippen LogP contribution is -2.03. The van der Waals surface area contributed by atoms with Crippen molar-refractivity contribution in [1.29, 1.82) is 0 Å². The summed E-state index contributed by atoms with van der Waals surface area (Å²) in [6, 6.07) is 5.76. The number of ether oxygens (including phenoxy) is 2. The van der Waals surface area contributed by atoms with Gasteiger partial charge >= 0.3 is 0 Å². The summed E-state index contributed by atoms with van der Waals surface area (Å²) >= 11 is 0. The van der Waals surface area contributed by atoms with Crippen LogP contribution in [-0.2, 0) is 13.6 Å². The topological polar surface area (TPSA) is 74.3 Å². The Balaban J connectivity index is 2.09. The average Bonchev–Trinajstić information content (AvgIpc) is 2.74. The minimum Gasteiger partial charge on any atom is -0.493 e. The molecule has 0 bridgehead atoms. The lowest BCUT2D eigenvalue weighted by molar-refractivity contribution is 0.354. The Morgan fingerprint density at radius 3 is 2.58 bits per heavy atom. The summed E-state index contributed by atoms with van der Waals surface area (Å²) in [5, 5.41) is 7.41. The highest BCUT2D eigenvalue weighted by Crippen LogP contribution is 2.28. The van der Waals surface area contributed by atoms with Crippen molar-refractivity contribution in [3.05, 3.63) is 30.0 Å². The van der Waals surface area contributed by atoms with Gasteiger partial charge in [-0.3, -0.25) is 4.68 Å². The van der Waals surface area contributed by atoms with Gasteiger partial charge in [-0.2, -0.15) is 5.10 Å². The molecule has 0 amide bonds. The fourth-order valence-electron chi connectivity index (χ4n) is 1.82. The number of benzene rings is 1. The molecule has 6 heteroatoms. The summed E-state index contributed by atoms with van der Waals surface area (Å²) in [5.41, 5.74) is 7.50. The molecule has 0 aliphatic carbocycles. The molecule has 0 saturated carbocycles. The molecule has 19 heavy (non-hydrogen) atoms. The maximum atomic E-state index is 5.82. The van der Waals surface area contributed by atoms with Crippen molar-refractivity contribution in [2.24, 2.45) is 7.05 Å². The number of rotatable bonds is 5.